The third kappa shape index (κ3) is 5.27. The Morgan fingerprint density at radius 2 is 2.04 bits per heavy atom. The second-order valence-electron chi connectivity index (χ2n) is 6.02. The SMILES string of the molecule is CCN(CCC(=O)Nc1ccccc1C(=O)OC)C1CCS(=O)(=O)C1. The Kier molecular flexibility index (Phi) is 6.55. The molecule has 8 heteroatoms. The summed E-state index contributed by atoms with van der Waals surface area (Å²) in [5.41, 5.74) is 0.707. The second kappa shape index (κ2) is 8.44. The molecule has 1 aliphatic rings. The van der Waals surface area contributed by atoms with Crippen molar-refractivity contribution in [1.82, 2.24) is 4.90 Å². The summed E-state index contributed by atoms with van der Waals surface area (Å²) in [6, 6.07) is 6.63. The Morgan fingerprint density at radius 1 is 1.32 bits per heavy atom. The fourth-order valence-corrected chi connectivity index (χ4v) is 4.76. The third-order valence-electron chi connectivity index (χ3n) is 4.36. The molecule has 1 aromatic rings. The molecule has 25 heavy (non-hydrogen) atoms. The van der Waals surface area contributed by atoms with Gasteiger partial charge in [0.05, 0.1) is 29.9 Å². The number of methoxy groups -OCH3 is 1. The number of nitrogens with zero attached hydrogens (tertiary/aromatic N) is 1. The number of ether oxygens (including phenoxy) is 1. The number of hydrogen-bond donors (Lipinski definition) is 1. The van der Waals surface area contributed by atoms with Crippen molar-refractivity contribution in [3.8, 4) is 0 Å². The number of carbonyl (C=O) groups excluding carboxylic acids is 2. The van der Waals surface area contributed by atoms with Crippen molar-refractivity contribution in [2.24, 2.45) is 0 Å². The van der Waals surface area contributed by atoms with E-state index in [1.807, 2.05) is 11.8 Å². The maximum atomic E-state index is 12.2. The molecular formula is C17H24N2O5S. The summed E-state index contributed by atoms with van der Waals surface area (Å²) >= 11 is 0. The fourth-order valence-electron chi connectivity index (χ4n) is 3.00. The standard InChI is InChI=1S/C17H24N2O5S/c1-3-19(13-9-11-25(22,23)12-13)10-8-16(20)18-15-7-5-4-6-14(15)17(21)24-2/h4-7,13H,3,8-12H2,1-2H3,(H,18,20). The molecule has 1 N–H and O–H groups in total. The number of rotatable bonds is 7. The van der Waals surface area contributed by atoms with Crippen molar-refractivity contribution in [3.63, 3.8) is 0 Å². The van der Waals surface area contributed by atoms with Crippen LogP contribution >= 0.6 is 0 Å². The van der Waals surface area contributed by atoms with E-state index in [-0.39, 0.29) is 29.9 Å². The minimum absolute atomic E-state index is 0.0230. The van der Waals surface area contributed by atoms with Gasteiger partial charge in [-0.05, 0) is 25.1 Å². The van der Waals surface area contributed by atoms with E-state index < -0.39 is 15.8 Å². The van der Waals surface area contributed by atoms with Gasteiger partial charge in [-0.3, -0.25) is 9.69 Å². The largest absolute Gasteiger partial charge is 0.465 e. The van der Waals surface area contributed by atoms with Crippen molar-refractivity contribution in [2.45, 2.75) is 25.8 Å². The highest BCUT2D eigenvalue weighted by Crippen LogP contribution is 2.19. The first kappa shape index (κ1) is 19.4. The highest BCUT2D eigenvalue weighted by atomic mass is 32.2. The Balaban J connectivity index is 1.93. The molecule has 2 rings (SSSR count). The van der Waals surface area contributed by atoms with Crippen LogP contribution in [0, 0.1) is 0 Å². The lowest BCUT2D eigenvalue weighted by Gasteiger charge is -2.26. The van der Waals surface area contributed by atoms with Crippen LogP contribution in [-0.2, 0) is 19.4 Å². The first-order valence-corrected chi connectivity index (χ1v) is 10.1. The van der Waals surface area contributed by atoms with Crippen LogP contribution in [0.5, 0.6) is 0 Å². The van der Waals surface area contributed by atoms with Crippen molar-refractivity contribution in [1.29, 1.82) is 0 Å². The van der Waals surface area contributed by atoms with Gasteiger partial charge in [-0.25, -0.2) is 13.2 Å². The molecule has 7 nitrogen and oxygen atoms in total. The minimum atomic E-state index is -2.95. The summed E-state index contributed by atoms with van der Waals surface area (Å²) in [4.78, 5) is 26.0. The van der Waals surface area contributed by atoms with Crippen molar-refractivity contribution in [3.05, 3.63) is 29.8 Å². The number of nitrogens with one attached hydrogen (secondary N) is 1. The van der Waals surface area contributed by atoms with Gasteiger partial charge in [0.1, 0.15) is 0 Å². The van der Waals surface area contributed by atoms with E-state index in [9.17, 15) is 18.0 Å². The average Bonchev–Trinajstić information content (AvgIpc) is 2.95. The number of esters is 1. The molecule has 0 saturated carbocycles. The van der Waals surface area contributed by atoms with Crippen LogP contribution in [0.2, 0.25) is 0 Å². The van der Waals surface area contributed by atoms with Crippen molar-refractivity contribution < 1.29 is 22.7 Å². The van der Waals surface area contributed by atoms with Crippen molar-refractivity contribution in [2.75, 3.05) is 37.0 Å². The number of carbonyl (C=O) groups is 2. The molecule has 0 aliphatic carbocycles. The second-order valence-corrected chi connectivity index (χ2v) is 8.25. The van der Waals surface area contributed by atoms with Gasteiger partial charge in [-0.15, -0.1) is 0 Å². The zero-order valence-electron chi connectivity index (χ0n) is 14.5. The van der Waals surface area contributed by atoms with Crippen LogP contribution in [0.3, 0.4) is 0 Å². The molecule has 1 unspecified atom stereocenters. The van der Waals surface area contributed by atoms with Gasteiger partial charge in [-0.1, -0.05) is 19.1 Å². The van der Waals surface area contributed by atoms with Gasteiger partial charge in [0.25, 0.3) is 0 Å². The Morgan fingerprint density at radius 3 is 2.64 bits per heavy atom. The lowest BCUT2D eigenvalue weighted by Crippen LogP contribution is -2.38. The molecule has 1 heterocycles. The van der Waals surface area contributed by atoms with E-state index in [1.165, 1.54) is 7.11 Å². The molecule has 1 fully saturated rings. The first-order valence-electron chi connectivity index (χ1n) is 8.28. The number of hydrogen-bond acceptors (Lipinski definition) is 6. The predicted octanol–water partition coefficient (Wildman–Crippen LogP) is 1.31. The molecule has 1 saturated heterocycles. The smallest absolute Gasteiger partial charge is 0.339 e. The van der Waals surface area contributed by atoms with Gasteiger partial charge in [-0.2, -0.15) is 0 Å². The van der Waals surface area contributed by atoms with Gasteiger partial charge in [0.15, 0.2) is 9.84 Å². The normalized spacial score (nSPS) is 18.9. The molecule has 0 aromatic heterocycles. The number of anilines is 1. The first-order chi connectivity index (χ1) is 11.9. The highest BCUT2D eigenvalue weighted by molar-refractivity contribution is 7.91. The molecular weight excluding hydrogens is 344 g/mol. The molecule has 0 radical (unpaired) electrons. The topological polar surface area (TPSA) is 92.8 Å². The van der Waals surface area contributed by atoms with Crippen LogP contribution in [0.25, 0.3) is 0 Å². The Labute approximate surface area is 148 Å². The van der Waals surface area contributed by atoms with Gasteiger partial charge in [0.2, 0.25) is 5.91 Å². The van der Waals surface area contributed by atoms with Crippen LogP contribution in [0.1, 0.15) is 30.1 Å². The van der Waals surface area contributed by atoms with Crippen molar-refractivity contribution >= 4 is 27.4 Å². The van der Waals surface area contributed by atoms with Crippen LogP contribution in [0.15, 0.2) is 24.3 Å². The predicted molar refractivity (Wildman–Crippen MR) is 95.3 cm³/mol. The van der Waals surface area contributed by atoms with Crippen LogP contribution < -0.4 is 5.32 Å². The van der Waals surface area contributed by atoms with Gasteiger partial charge in [0, 0.05) is 19.0 Å². The zero-order chi connectivity index (χ0) is 18.4. The molecule has 1 atom stereocenters. The summed E-state index contributed by atoms with van der Waals surface area (Å²) in [6.07, 6.45) is 0.836. The minimum Gasteiger partial charge on any atom is -0.465 e. The summed E-state index contributed by atoms with van der Waals surface area (Å²) in [6.45, 7) is 3.12. The lowest BCUT2D eigenvalue weighted by molar-refractivity contribution is -0.116. The highest BCUT2D eigenvalue weighted by Gasteiger charge is 2.31. The van der Waals surface area contributed by atoms with Gasteiger partial charge < -0.3 is 10.1 Å². The van der Waals surface area contributed by atoms with Crippen LogP contribution in [-0.4, -0.2) is 62.9 Å². The van der Waals surface area contributed by atoms with E-state index in [1.54, 1.807) is 24.3 Å². The third-order valence-corrected chi connectivity index (χ3v) is 6.11. The number of benzene rings is 1. The van der Waals surface area contributed by atoms with E-state index in [0.29, 0.717) is 30.8 Å². The van der Waals surface area contributed by atoms with Gasteiger partial charge >= 0.3 is 5.97 Å². The van der Waals surface area contributed by atoms with E-state index in [0.717, 1.165) is 0 Å². The quantitative estimate of drug-likeness (QED) is 0.730. The molecule has 138 valence electrons. The molecule has 1 amide bonds. The van der Waals surface area contributed by atoms with E-state index in [4.69, 9.17) is 4.74 Å². The zero-order valence-corrected chi connectivity index (χ0v) is 15.3. The molecule has 0 spiro atoms. The summed E-state index contributed by atoms with van der Waals surface area (Å²) in [7, 11) is -1.66. The lowest BCUT2D eigenvalue weighted by atomic mass is 10.1. The maximum Gasteiger partial charge on any atom is 0.339 e. The maximum absolute atomic E-state index is 12.2. The average molecular weight is 368 g/mol. The summed E-state index contributed by atoms with van der Waals surface area (Å²) < 4.78 is 27.9. The monoisotopic (exact) mass is 368 g/mol. The van der Waals surface area contributed by atoms with Crippen LogP contribution in [0.4, 0.5) is 5.69 Å². The van der Waals surface area contributed by atoms with E-state index >= 15 is 0 Å². The Bertz CT molecular complexity index is 732. The summed E-state index contributed by atoms with van der Waals surface area (Å²) in [5.74, 6) is -0.363. The Hall–Kier alpha value is -1.93. The van der Waals surface area contributed by atoms with E-state index in [2.05, 4.69) is 5.32 Å². The fraction of sp³-hybridized carbons (Fsp3) is 0.529. The molecule has 0 bridgehead atoms. The molecule has 1 aromatic carbocycles. The number of para-hydroxylation sites is 1. The molecule has 1 aliphatic heterocycles. The number of sulfone groups is 1. The summed E-state index contributed by atoms with van der Waals surface area (Å²) in [5, 5.41) is 2.73. The number of amides is 1.